The lowest BCUT2D eigenvalue weighted by Crippen LogP contribution is -2.24. The number of rotatable bonds is 10. The van der Waals surface area contributed by atoms with Gasteiger partial charge in [0.25, 0.3) is 0 Å². The highest BCUT2D eigenvalue weighted by atomic mass is 16.4. The second-order valence-corrected chi connectivity index (χ2v) is 9.12. The summed E-state index contributed by atoms with van der Waals surface area (Å²) in [6, 6.07) is 14.2. The van der Waals surface area contributed by atoms with Crippen LogP contribution in [0.15, 0.2) is 59.7 Å². The average molecular weight is 501 g/mol. The number of hydrogen-bond acceptors (Lipinski definition) is 5. The maximum Gasteiger partial charge on any atom is 0.336 e. The molecular weight excluding hydrogens is 472 g/mol. The van der Waals surface area contributed by atoms with Gasteiger partial charge in [0, 0.05) is 30.5 Å². The van der Waals surface area contributed by atoms with Crippen LogP contribution in [-0.2, 0) is 17.8 Å². The van der Waals surface area contributed by atoms with Gasteiger partial charge in [0.2, 0.25) is 11.6 Å². The first-order valence-electron chi connectivity index (χ1n) is 12.2. The van der Waals surface area contributed by atoms with Crippen LogP contribution < -0.4 is 0 Å². The number of hydrogen-bond donors (Lipinski definition) is 2. The molecule has 2 aromatic carbocycles. The number of carbonyl (C=O) groups excluding carboxylic acids is 2. The van der Waals surface area contributed by atoms with Gasteiger partial charge in [-0.15, -0.1) is 0 Å². The molecule has 8 heteroatoms. The summed E-state index contributed by atoms with van der Waals surface area (Å²) in [5.41, 5.74) is 3.24. The minimum atomic E-state index is -1.03. The molecule has 1 aliphatic carbocycles. The molecule has 8 nitrogen and oxygen atoms in total. The zero-order valence-electron chi connectivity index (χ0n) is 20.8. The van der Waals surface area contributed by atoms with Gasteiger partial charge in [0.15, 0.2) is 0 Å². The van der Waals surface area contributed by atoms with Crippen LogP contribution in [0, 0.1) is 0 Å². The van der Waals surface area contributed by atoms with Gasteiger partial charge in [0.1, 0.15) is 17.2 Å². The van der Waals surface area contributed by atoms with Crippen molar-refractivity contribution < 1.29 is 29.4 Å². The first-order valence-corrected chi connectivity index (χ1v) is 12.2. The molecule has 37 heavy (non-hydrogen) atoms. The van der Waals surface area contributed by atoms with Crippen LogP contribution in [0.3, 0.4) is 0 Å². The maximum atomic E-state index is 13.5. The van der Waals surface area contributed by atoms with E-state index in [1.54, 1.807) is 35.8 Å². The van der Waals surface area contributed by atoms with Gasteiger partial charge in [-0.05, 0) is 42.5 Å². The van der Waals surface area contributed by atoms with Gasteiger partial charge in [0.05, 0.1) is 5.56 Å². The second kappa shape index (κ2) is 10.7. The van der Waals surface area contributed by atoms with E-state index in [9.17, 15) is 24.3 Å². The van der Waals surface area contributed by atoms with Gasteiger partial charge in [-0.2, -0.15) is 0 Å². The quantitative estimate of drug-likeness (QED) is 0.392. The molecule has 0 unspecified atom stereocenters. The zero-order valence-corrected chi connectivity index (χ0v) is 20.8. The van der Waals surface area contributed by atoms with Crippen molar-refractivity contribution in [1.82, 2.24) is 9.55 Å². The molecule has 3 aromatic rings. The van der Waals surface area contributed by atoms with Crippen LogP contribution in [-0.4, -0.2) is 43.3 Å². The highest BCUT2D eigenvalue weighted by Gasteiger charge is 2.36. The summed E-state index contributed by atoms with van der Waals surface area (Å²) in [5, 5.41) is 18.6. The number of ketones is 2. The van der Waals surface area contributed by atoms with Crippen molar-refractivity contribution in [3.8, 4) is 11.1 Å². The number of fused-ring (bicyclic) bond motifs is 1. The van der Waals surface area contributed by atoms with E-state index in [1.165, 1.54) is 0 Å². The van der Waals surface area contributed by atoms with E-state index in [1.807, 2.05) is 31.2 Å². The number of Topliss-reactive ketones (excluding diaryl/α,β-unsaturated/α-hetero) is 2. The Bertz CT molecular complexity index is 1430. The smallest absolute Gasteiger partial charge is 0.336 e. The molecule has 1 aliphatic rings. The molecule has 0 saturated carbocycles. The first kappa shape index (κ1) is 25.8. The molecule has 2 N–H and O–H groups in total. The Hall–Kier alpha value is -4.33. The standard InChI is InChI=1S/C29H28N2O6/c1-3-4-9-23-30-25-26(28(35)20(14-15-24(32)33)17(2)27(25)34)31(23)16-18-10-12-19(13-11-18)21-7-5-6-8-22(21)29(36)37/h5-8,10-13H,3-4,9,14-16H2,1-2H3,(H,32,33)(H,36,37). The van der Waals surface area contributed by atoms with Gasteiger partial charge >= 0.3 is 11.9 Å². The minimum absolute atomic E-state index is 0.0155. The fourth-order valence-electron chi connectivity index (χ4n) is 4.64. The molecule has 0 radical (unpaired) electrons. The monoisotopic (exact) mass is 500 g/mol. The largest absolute Gasteiger partial charge is 0.481 e. The Morgan fingerprint density at radius 3 is 2.30 bits per heavy atom. The Labute approximate surface area is 214 Å². The molecule has 0 fully saturated rings. The summed E-state index contributed by atoms with van der Waals surface area (Å²) in [6.07, 6.45) is 2.09. The molecule has 4 rings (SSSR count). The normalized spacial score (nSPS) is 13.1. The number of unbranched alkanes of at least 4 members (excludes halogenated alkanes) is 1. The van der Waals surface area contributed by atoms with Gasteiger partial charge in [-0.25, -0.2) is 9.78 Å². The Kier molecular flexibility index (Phi) is 7.47. The SMILES string of the molecule is CCCCc1nc2c(n1Cc1ccc(-c3ccccc3C(=O)O)cc1)C(=O)C(CCC(=O)O)=C(C)C2=O. The summed E-state index contributed by atoms with van der Waals surface area (Å²) in [4.78, 5) is 53.9. The molecule has 1 aromatic heterocycles. The maximum absolute atomic E-state index is 13.5. The average Bonchev–Trinajstić information content (AvgIpc) is 3.24. The molecule has 190 valence electrons. The van der Waals surface area contributed by atoms with Crippen molar-refractivity contribution in [3.05, 3.63) is 88.0 Å². The number of aromatic nitrogens is 2. The number of benzene rings is 2. The lowest BCUT2D eigenvalue weighted by molar-refractivity contribution is -0.136. The number of allylic oxidation sites excluding steroid dienone is 2. The van der Waals surface area contributed by atoms with Crippen LogP contribution in [0.2, 0.25) is 0 Å². The minimum Gasteiger partial charge on any atom is -0.481 e. The molecule has 0 atom stereocenters. The van der Waals surface area contributed by atoms with Crippen LogP contribution in [0.5, 0.6) is 0 Å². The second-order valence-electron chi connectivity index (χ2n) is 9.12. The summed E-state index contributed by atoms with van der Waals surface area (Å²) in [6.45, 7) is 3.90. The third-order valence-corrected chi connectivity index (χ3v) is 6.65. The molecule has 0 amide bonds. The first-order chi connectivity index (χ1) is 17.7. The zero-order chi connectivity index (χ0) is 26.7. The number of imidazole rings is 1. The van der Waals surface area contributed by atoms with Crippen molar-refractivity contribution in [3.63, 3.8) is 0 Å². The Morgan fingerprint density at radius 1 is 0.946 bits per heavy atom. The Balaban J connectivity index is 1.71. The lowest BCUT2D eigenvalue weighted by atomic mass is 9.88. The molecule has 1 heterocycles. The number of aryl methyl sites for hydroxylation is 1. The Morgan fingerprint density at radius 2 is 1.65 bits per heavy atom. The van der Waals surface area contributed by atoms with E-state index in [-0.39, 0.29) is 52.5 Å². The van der Waals surface area contributed by atoms with Crippen molar-refractivity contribution in [2.45, 2.75) is 52.5 Å². The highest BCUT2D eigenvalue weighted by molar-refractivity contribution is 6.25. The van der Waals surface area contributed by atoms with Gasteiger partial charge in [-0.3, -0.25) is 14.4 Å². The van der Waals surface area contributed by atoms with Gasteiger partial charge in [-0.1, -0.05) is 55.8 Å². The van der Waals surface area contributed by atoms with Crippen molar-refractivity contribution >= 4 is 23.5 Å². The fraction of sp³-hybridized carbons (Fsp3) is 0.276. The molecular formula is C29H28N2O6. The highest BCUT2D eigenvalue weighted by Crippen LogP contribution is 2.31. The van der Waals surface area contributed by atoms with E-state index in [2.05, 4.69) is 4.98 Å². The number of carboxylic acid groups (broad SMARTS) is 2. The molecule has 0 aliphatic heterocycles. The lowest BCUT2D eigenvalue weighted by Gasteiger charge is -2.18. The number of carboxylic acids is 2. The summed E-state index contributed by atoms with van der Waals surface area (Å²) in [5.74, 6) is -2.09. The number of carbonyl (C=O) groups is 4. The third-order valence-electron chi connectivity index (χ3n) is 6.65. The third kappa shape index (κ3) is 5.14. The fourth-order valence-corrected chi connectivity index (χ4v) is 4.64. The van der Waals surface area contributed by atoms with Crippen molar-refractivity contribution in [2.75, 3.05) is 0 Å². The number of aliphatic carboxylic acids is 1. The van der Waals surface area contributed by atoms with E-state index >= 15 is 0 Å². The van der Waals surface area contributed by atoms with Crippen LogP contribution >= 0.6 is 0 Å². The van der Waals surface area contributed by atoms with Crippen molar-refractivity contribution in [2.24, 2.45) is 0 Å². The predicted octanol–water partition coefficient (Wildman–Crippen LogP) is 5.20. The number of nitrogens with zero attached hydrogens (tertiary/aromatic N) is 2. The molecule has 0 saturated heterocycles. The number of aromatic carboxylic acids is 1. The van der Waals surface area contributed by atoms with Crippen molar-refractivity contribution in [1.29, 1.82) is 0 Å². The van der Waals surface area contributed by atoms with E-state index < -0.39 is 11.9 Å². The topological polar surface area (TPSA) is 127 Å². The van der Waals surface area contributed by atoms with E-state index in [0.717, 1.165) is 24.0 Å². The molecule has 0 spiro atoms. The van der Waals surface area contributed by atoms with Gasteiger partial charge < -0.3 is 14.8 Å². The van der Waals surface area contributed by atoms with Crippen LogP contribution in [0.4, 0.5) is 0 Å². The summed E-state index contributed by atoms with van der Waals surface area (Å²) >= 11 is 0. The van der Waals surface area contributed by atoms with E-state index in [0.29, 0.717) is 24.4 Å². The summed E-state index contributed by atoms with van der Waals surface area (Å²) < 4.78 is 1.78. The van der Waals surface area contributed by atoms with Crippen LogP contribution in [0.25, 0.3) is 11.1 Å². The summed E-state index contributed by atoms with van der Waals surface area (Å²) in [7, 11) is 0. The van der Waals surface area contributed by atoms with E-state index in [4.69, 9.17) is 5.11 Å². The molecule has 0 bridgehead atoms. The predicted molar refractivity (Wildman–Crippen MR) is 137 cm³/mol. The van der Waals surface area contributed by atoms with Crippen LogP contribution in [0.1, 0.15) is 82.3 Å².